The summed E-state index contributed by atoms with van der Waals surface area (Å²) >= 11 is 0. The van der Waals surface area contributed by atoms with Gasteiger partial charge in [0.1, 0.15) is 17.6 Å². The van der Waals surface area contributed by atoms with Gasteiger partial charge in [-0.1, -0.05) is 12.1 Å². The molecule has 1 aromatic heterocycles. The Morgan fingerprint density at radius 1 is 1.18 bits per heavy atom. The predicted octanol–water partition coefficient (Wildman–Crippen LogP) is 2.42. The van der Waals surface area contributed by atoms with Crippen LogP contribution in [0.3, 0.4) is 0 Å². The Hall–Kier alpha value is -4.01. The molecule has 0 aliphatic carbocycles. The zero-order chi connectivity index (χ0) is 22.9. The Morgan fingerprint density at radius 2 is 1.97 bits per heavy atom. The van der Waals surface area contributed by atoms with Crippen molar-refractivity contribution in [3.63, 3.8) is 0 Å². The lowest BCUT2D eigenvalue weighted by Gasteiger charge is -2.22. The van der Waals surface area contributed by atoms with E-state index in [1.165, 1.54) is 0 Å². The quantitative estimate of drug-likeness (QED) is 0.622. The third kappa shape index (κ3) is 3.97. The van der Waals surface area contributed by atoms with Crippen LogP contribution in [0.25, 0.3) is 0 Å². The number of nitrogens with zero attached hydrogens (tertiary/aromatic N) is 3. The fourth-order valence-corrected chi connectivity index (χ4v) is 4.19. The van der Waals surface area contributed by atoms with E-state index in [0.717, 1.165) is 11.3 Å². The van der Waals surface area contributed by atoms with Gasteiger partial charge >= 0.3 is 0 Å². The van der Waals surface area contributed by atoms with E-state index in [1.807, 2.05) is 42.1 Å². The monoisotopic (exact) mass is 448 g/mol. The third-order valence-electron chi connectivity index (χ3n) is 6.02. The van der Waals surface area contributed by atoms with E-state index in [-0.39, 0.29) is 25.0 Å². The first-order valence-corrected chi connectivity index (χ1v) is 10.6. The number of aromatic nitrogens is 2. The molecule has 33 heavy (non-hydrogen) atoms. The Balaban J connectivity index is 1.35. The standard InChI is InChI=1S/C24H24N4O5/c1-27-10-9-25-23(27)22(15-3-6-18(31-2)7-4-15)26-24(30)16-11-21(29)28(13-16)17-5-8-19-20(12-17)33-14-32-19/h3-10,12,16,22H,11,13-14H2,1-2H3,(H,26,30). The van der Waals surface area contributed by atoms with Crippen LogP contribution in [0.15, 0.2) is 54.9 Å². The maximum Gasteiger partial charge on any atom is 0.231 e. The van der Waals surface area contributed by atoms with Gasteiger partial charge in [-0.3, -0.25) is 9.59 Å². The number of carbonyl (C=O) groups is 2. The Labute approximate surface area is 190 Å². The molecule has 1 N–H and O–H groups in total. The number of carbonyl (C=O) groups excluding carboxylic acids is 2. The highest BCUT2D eigenvalue weighted by molar-refractivity contribution is 6.00. The first-order chi connectivity index (χ1) is 16.0. The number of benzene rings is 2. The fraction of sp³-hybridized carbons (Fsp3) is 0.292. The number of ether oxygens (including phenoxy) is 3. The Kier molecular flexibility index (Phi) is 5.37. The molecule has 1 saturated heterocycles. The number of amides is 2. The predicted molar refractivity (Wildman–Crippen MR) is 119 cm³/mol. The van der Waals surface area contributed by atoms with E-state index in [2.05, 4.69) is 10.3 Å². The molecule has 2 atom stereocenters. The molecular formula is C24H24N4O5. The van der Waals surface area contributed by atoms with E-state index in [1.54, 1.807) is 36.4 Å². The van der Waals surface area contributed by atoms with Crippen LogP contribution >= 0.6 is 0 Å². The van der Waals surface area contributed by atoms with Gasteiger partial charge in [-0.05, 0) is 29.8 Å². The van der Waals surface area contributed by atoms with Crippen molar-refractivity contribution in [1.29, 1.82) is 0 Å². The normalized spacial score (nSPS) is 17.8. The Morgan fingerprint density at radius 3 is 2.70 bits per heavy atom. The number of imidazole rings is 1. The second kappa shape index (κ2) is 8.50. The highest BCUT2D eigenvalue weighted by Gasteiger charge is 2.37. The first kappa shape index (κ1) is 20.9. The van der Waals surface area contributed by atoms with E-state index in [9.17, 15) is 9.59 Å². The van der Waals surface area contributed by atoms with Crippen LogP contribution in [0.4, 0.5) is 5.69 Å². The van der Waals surface area contributed by atoms with Gasteiger partial charge in [0.15, 0.2) is 11.5 Å². The first-order valence-electron chi connectivity index (χ1n) is 10.6. The van der Waals surface area contributed by atoms with Crippen molar-refractivity contribution in [2.45, 2.75) is 12.5 Å². The van der Waals surface area contributed by atoms with Gasteiger partial charge in [-0.2, -0.15) is 0 Å². The van der Waals surface area contributed by atoms with Crippen LogP contribution in [-0.2, 0) is 16.6 Å². The van der Waals surface area contributed by atoms with E-state index < -0.39 is 12.0 Å². The molecule has 9 heteroatoms. The van der Waals surface area contributed by atoms with E-state index in [4.69, 9.17) is 14.2 Å². The van der Waals surface area contributed by atoms with Crippen LogP contribution in [0.1, 0.15) is 23.9 Å². The maximum atomic E-state index is 13.3. The van der Waals surface area contributed by atoms with Crippen molar-refractivity contribution >= 4 is 17.5 Å². The van der Waals surface area contributed by atoms with Crippen LogP contribution < -0.4 is 24.4 Å². The topological polar surface area (TPSA) is 94.9 Å². The van der Waals surface area contributed by atoms with Gasteiger partial charge in [0, 0.05) is 44.2 Å². The molecule has 0 bridgehead atoms. The number of aryl methyl sites for hydroxylation is 1. The maximum absolute atomic E-state index is 13.3. The van der Waals surface area contributed by atoms with Gasteiger partial charge in [-0.15, -0.1) is 0 Å². The van der Waals surface area contributed by atoms with Gasteiger partial charge in [0.2, 0.25) is 18.6 Å². The summed E-state index contributed by atoms with van der Waals surface area (Å²) in [6.45, 7) is 0.456. The average molecular weight is 448 g/mol. The molecule has 9 nitrogen and oxygen atoms in total. The van der Waals surface area contributed by atoms with Crippen molar-refractivity contribution in [3.8, 4) is 17.2 Å². The summed E-state index contributed by atoms with van der Waals surface area (Å²) in [7, 11) is 3.49. The van der Waals surface area contributed by atoms with E-state index >= 15 is 0 Å². The number of nitrogens with one attached hydrogen (secondary N) is 1. The second-order valence-corrected chi connectivity index (χ2v) is 8.05. The largest absolute Gasteiger partial charge is 0.497 e. The number of rotatable bonds is 6. The molecule has 2 aliphatic rings. The zero-order valence-corrected chi connectivity index (χ0v) is 18.4. The van der Waals surface area contributed by atoms with Crippen molar-refractivity contribution < 1.29 is 23.8 Å². The molecule has 0 radical (unpaired) electrons. The molecule has 2 aliphatic heterocycles. The molecule has 0 saturated carbocycles. The lowest BCUT2D eigenvalue weighted by atomic mass is 10.0. The number of methoxy groups -OCH3 is 1. The summed E-state index contributed by atoms with van der Waals surface area (Å²) in [6.07, 6.45) is 3.66. The van der Waals surface area contributed by atoms with Crippen LogP contribution in [0.2, 0.25) is 0 Å². The molecule has 0 spiro atoms. The van der Waals surface area contributed by atoms with Crippen molar-refractivity contribution in [2.24, 2.45) is 13.0 Å². The molecule has 2 aromatic carbocycles. The molecule has 3 heterocycles. The molecule has 2 amide bonds. The zero-order valence-electron chi connectivity index (χ0n) is 18.4. The Bertz CT molecular complexity index is 1190. The van der Waals surface area contributed by atoms with Crippen LogP contribution in [0, 0.1) is 5.92 Å². The number of hydrogen-bond donors (Lipinski definition) is 1. The summed E-state index contributed by atoms with van der Waals surface area (Å²) < 4.78 is 17.9. The minimum absolute atomic E-state index is 0.105. The number of anilines is 1. The van der Waals surface area contributed by atoms with Crippen LogP contribution in [0.5, 0.6) is 17.2 Å². The summed E-state index contributed by atoms with van der Waals surface area (Å²) in [6, 6.07) is 12.4. The minimum Gasteiger partial charge on any atom is -0.497 e. The number of fused-ring (bicyclic) bond motifs is 1. The summed E-state index contributed by atoms with van der Waals surface area (Å²) in [5.74, 6) is 1.89. The summed E-state index contributed by atoms with van der Waals surface area (Å²) in [5, 5.41) is 3.10. The smallest absolute Gasteiger partial charge is 0.231 e. The minimum atomic E-state index is -0.482. The fourth-order valence-electron chi connectivity index (χ4n) is 4.19. The molecule has 5 rings (SSSR count). The van der Waals surface area contributed by atoms with Crippen molar-refractivity contribution in [1.82, 2.24) is 14.9 Å². The van der Waals surface area contributed by atoms with Crippen LogP contribution in [-0.4, -0.2) is 41.8 Å². The lowest BCUT2D eigenvalue weighted by Crippen LogP contribution is -2.37. The van der Waals surface area contributed by atoms with Crippen molar-refractivity contribution in [2.75, 3.05) is 25.3 Å². The van der Waals surface area contributed by atoms with Crippen molar-refractivity contribution in [3.05, 3.63) is 66.2 Å². The molecule has 170 valence electrons. The highest BCUT2D eigenvalue weighted by atomic mass is 16.7. The summed E-state index contributed by atoms with van der Waals surface area (Å²) in [5.41, 5.74) is 1.56. The SMILES string of the molecule is COc1ccc(C(NC(=O)C2CC(=O)N(c3ccc4c(c3)OCO4)C2)c2nccn2C)cc1. The lowest BCUT2D eigenvalue weighted by molar-refractivity contribution is -0.126. The molecular weight excluding hydrogens is 424 g/mol. The molecule has 1 fully saturated rings. The second-order valence-electron chi connectivity index (χ2n) is 8.05. The highest BCUT2D eigenvalue weighted by Crippen LogP contribution is 2.37. The number of hydrogen-bond acceptors (Lipinski definition) is 6. The van der Waals surface area contributed by atoms with Gasteiger partial charge < -0.3 is 29.0 Å². The average Bonchev–Trinajstić information content (AvgIpc) is 3.56. The summed E-state index contributed by atoms with van der Waals surface area (Å²) in [4.78, 5) is 32.1. The third-order valence-corrected chi connectivity index (χ3v) is 6.02. The van der Waals surface area contributed by atoms with Gasteiger partial charge in [-0.25, -0.2) is 4.98 Å². The van der Waals surface area contributed by atoms with E-state index in [0.29, 0.717) is 29.6 Å². The van der Waals surface area contributed by atoms with Gasteiger partial charge in [0.25, 0.3) is 0 Å². The van der Waals surface area contributed by atoms with Gasteiger partial charge in [0.05, 0.1) is 13.0 Å². The molecule has 2 unspecified atom stereocenters. The molecule has 3 aromatic rings.